The van der Waals surface area contributed by atoms with E-state index < -0.39 is 11.6 Å². The predicted octanol–water partition coefficient (Wildman–Crippen LogP) is 5.44. The standard InChI is InChI=1S/C35H44N4O3/c1-7-9-11-12-13-14-23-39-32(40)31(37(6)33(41)35(39,3)4)25-27-18-20-29(21-19-27)30-17-15-16-28(24-30)26-38(22-10-8-2)34(42)36-5/h2,15-21,24,31H,7,9,11-14,23,25-26H2,1,3-6H3,(H,36,42)/t31-/m0/s1. The molecule has 0 spiro atoms. The summed E-state index contributed by atoms with van der Waals surface area (Å²) in [5, 5.41) is 2.58. The van der Waals surface area contributed by atoms with E-state index in [2.05, 4.69) is 30.1 Å². The number of hydrogen-bond acceptors (Lipinski definition) is 3. The van der Waals surface area contributed by atoms with Gasteiger partial charge in [-0.3, -0.25) is 9.59 Å². The molecule has 42 heavy (non-hydrogen) atoms. The Morgan fingerprint density at radius 3 is 2.36 bits per heavy atom. The van der Waals surface area contributed by atoms with Gasteiger partial charge in [0.1, 0.15) is 11.6 Å². The Morgan fingerprint density at radius 1 is 1.00 bits per heavy atom. The highest BCUT2D eigenvalue weighted by atomic mass is 16.2. The fourth-order valence-corrected chi connectivity index (χ4v) is 5.46. The molecule has 3 rings (SSSR count). The van der Waals surface area contributed by atoms with E-state index in [1.54, 1.807) is 23.9 Å². The molecule has 0 unspecified atom stereocenters. The number of unbranched alkanes of at least 4 members (excludes halogenated alkanes) is 5. The lowest BCUT2D eigenvalue weighted by molar-refractivity contribution is -0.166. The number of carbonyl (C=O) groups is 3. The van der Waals surface area contributed by atoms with E-state index >= 15 is 0 Å². The highest BCUT2D eigenvalue weighted by Crippen LogP contribution is 2.29. The largest absolute Gasteiger partial charge is 0.340 e. The maximum atomic E-state index is 13.7. The van der Waals surface area contributed by atoms with E-state index in [1.807, 2.05) is 62.4 Å². The molecule has 1 heterocycles. The minimum absolute atomic E-state index is 0.0149. The summed E-state index contributed by atoms with van der Waals surface area (Å²) in [6.45, 7) is 6.81. The third-order valence-corrected chi connectivity index (χ3v) is 7.98. The first kappa shape index (κ1) is 32.3. The molecule has 0 aromatic heterocycles. The van der Waals surface area contributed by atoms with Crippen molar-refractivity contribution in [2.45, 2.75) is 83.8 Å². The van der Waals surface area contributed by atoms with Gasteiger partial charge in [0.15, 0.2) is 0 Å². The van der Waals surface area contributed by atoms with E-state index in [4.69, 9.17) is 6.42 Å². The molecule has 0 radical (unpaired) electrons. The summed E-state index contributed by atoms with van der Waals surface area (Å²) in [5.74, 6) is 4.73. The van der Waals surface area contributed by atoms with E-state index in [1.165, 1.54) is 24.2 Å². The van der Waals surface area contributed by atoms with Crippen molar-refractivity contribution < 1.29 is 14.4 Å². The number of hydrogen-bond donors (Lipinski definition) is 1. The number of urea groups is 1. The number of nitrogens with zero attached hydrogens (tertiary/aromatic N) is 3. The van der Waals surface area contributed by atoms with Crippen LogP contribution in [0.15, 0.2) is 48.5 Å². The lowest BCUT2D eigenvalue weighted by Crippen LogP contribution is -2.69. The van der Waals surface area contributed by atoms with Crippen LogP contribution in [0.5, 0.6) is 0 Å². The van der Waals surface area contributed by atoms with Crippen LogP contribution in [-0.4, -0.2) is 64.8 Å². The van der Waals surface area contributed by atoms with Gasteiger partial charge in [0.05, 0.1) is 6.54 Å². The van der Waals surface area contributed by atoms with Crippen molar-refractivity contribution in [1.29, 1.82) is 0 Å². The second-order valence-electron chi connectivity index (χ2n) is 11.4. The van der Waals surface area contributed by atoms with Crippen LogP contribution >= 0.6 is 0 Å². The van der Waals surface area contributed by atoms with Gasteiger partial charge in [-0.25, -0.2) is 9.69 Å². The summed E-state index contributed by atoms with van der Waals surface area (Å²) in [5.41, 5.74) is 3.05. The molecule has 7 heteroatoms. The van der Waals surface area contributed by atoms with E-state index in [-0.39, 0.29) is 24.4 Å². The van der Waals surface area contributed by atoms with Gasteiger partial charge in [-0.1, -0.05) is 81.5 Å². The maximum Gasteiger partial charge on any atom is 0.329 e. The lowest BCUT2D eigenvalue weighted by Gasteiger charge is -2.48. The zero-order valence-electron chi connectivity index (χ0n) is 25.7. The van der Waals surface area contributed by atoms with Crippen LogP contribution in [0.3, 0.4) is 0 Å². The number of carbonyl (C=O) groups excluding carboxylic acids is 3. The third kappa shape index (κ3) is 7.95. The highest BCUT2D eigenvalue weighted by molar-refractivity contribution is 5.99. The average molecular weight is 569 g/mol. The molecule has 2 aromatic rings. The summed E-state index contributed by atoms with van der Waals surface area (Å²) >= 11 is 0. The predicted molar refractivity (Wildman–Crippen MR) is 168 cm³/mol. The summed E-state index contributed by atoms with van der Waals surface area (Å²) in [6, 6.07) is 17.8. The lowest BCUT2D eigenvalue weighted by atomic mass is 9.90. The van der Waals surface area contributed by atoms with Gasteiger partial charge in [0.25, 0.3) is 0 Å². The van der Waals surface area contributed by atoms with Gasteiger partial charge >= 0.3 is 6.03 Å². The van der Waals surface area contributed by atoms with Crippen LogP contribution in [0.4, 0.5) is 4.79 Å². The number of nitrogens with one attached hydrogen (secondary N) is 1. The third-order valence-electron chi connectivity index (χ3n) is 7.98. The molecule has 1 atom stereocenters. The summed E-state index contributed by atoms with van der Waals surface area (Å²) in [6.07, 6.45) is 12.5. The van der Waals surface area contributed by atoms with Crippen LogP contribution in [0.1, 0.15) is 70.4 Å². The Labute approximate surface area is 251 Å². The van der Waals surface area contributed by atoms with Gasteiger partial charge in [-0.2, -0.15) is 0 Å². The fourth-order valence-electron chi connectivity index (χ4n) is 5.46. The van der Waals surface area contributed by atoms with Gasteiger partial charge in [0, 0.05) is 39.0 Å². The maximum absolute atomic E-state index is 13.7. The number of piperazine rings is 1. The molecule has 4 amide bonds. The van der Waals surface area contributed by atoms with Crippen molar-refractivity contribution in [2.75, 3.05) is 20.6 Å². The van der Waals surface area contributed by atoms with Crippen LogP contribution in [-0.2, 0) is 22.6 Å². The summed E-state index contributed by atoms with van der Waals surface area (Å²) in [7, 11) is 3.29. The van der Waals surface area contributed by atoms with Gasteiger partial charge < -0.3 is 15.1 Å². The molecule has 1 saturated heterocycles. The van der Waals surface area contributed by atoms with Crippen molar-refractivity contribution in [1.82, 2.24) is 20.0 Å². The summed E-state index contributed by atoms with van der Waals surface area (Å²) in [4.78, 5) is 44.0. The molecule has 1 aliphatic heterocycles. The molecular weight excluding hydrogens is 524 g/mol. The van der Waals surface area contributed by atoms with Gasteiger partial charge in [-0.05, 0) is 54.5 Å². The highest BCUT2D eigenvalue weighted by Gasteiger charge is 2.49. The van der Waals surface area contributed by atoms with Crippen LogP contribution in [0, 0.1) is 24.3 Å². The number of terminal acetylenes is 1. The molecule has 1 fully saturated rings. The second-order valence-corrected chi connectivity index (χ2v) is 11.4. The van der Waals surface area contributed by atoms with Crippen LogP contribution in [0.25, 0.3) is 11.1 Å². The average Bonchev–Trinajstić information content (AvgIpc) is 2.99. The molecule has 0 saturated carbocycles. The zero-order chi connectivity index (χ0) is 30.7. The Hall–Kier alpha value is -4.23. The number of amides is 4. The Balaban J connectivity index is 1.72. The fraction of sp³-hybridized carbons (Fsp3) is 0.457. The number of benzene rings is 2. The molecule has 1 aliphatic rings. The first-order valence-electron chi connectivity index (χ1n) is 14.9. The normalized spacial score (nSPS) is 16.0. The van der Waals surface area contributed by atoms with Crippen molar-refractivity contribution in [2.24, 2.45) is 0 Å². The van der Waals surface area contributed by atoms with Crippen molar-refractivity contribution >= 4 is 17.8 Å². The zero-order valence-corrected chi connectivity index (χ0v) is 25.7. The first-order chi connectivity index (χ1) is 20.1. The monoisotopic (exact) mass is 568 g/mol. The van der Waals surface area contributed by atoms with Crippen molar-refractivity contribution in [3.63, 3.8) is 0 Å². The molecule has 1 N–H and O–H groups in total. The first-order valence-corrected chi connectivity index (χ1v) is 14.9. The molecule has 7 nitrogen and oxygen atoms in total. The molecule has 222 valence electrons. The second kappa shape index (κ2) is 15.1. The van der Waals surface area contributed by atoms with Crippen LogP contribution in [0.2, 0.25) is 0 Å². The molecule has 2 aromatic carbocycles. The van der Waals surface area contributed by atoms with E-state index in [9.17, 15) is 14.4 Å². The van der Waals surface area contributed by atoms with Gasteiger partial charge in [-0.15, -0.1) is 6.42 Å². The van der Waals surface area contributed by atoms with Gasteiger partial charge in [0.2, 0.25) is 11.8 Å². The van der Waals surface area contributed by atoms with Crippen molar-refractivity contribution in [3.8, 4) is 35.4 Å². The number of rotatable bonds is 12. The SMILES string of the molecule is C#CC#CN(Cc1cccc(-c2ccc(C[C@H]3C(=O)N(CCCCCCCC)C(C)(C)C(=O)N3C)cc2)c1)C(=O)NC. The Kier molecular flexibility index (Phi) is 11.6. The molecule has 0 aliphatic carbocycles. The summed E-state index contributed by atoms with van der Waals surface area (Å²) < 4.78 is 0. The van der Waals surface area contributed by atoms with E-state index in [0.29, 0.717) is 13.0 Å². The quantitative estimate of drug-likeness (QED) is 0.211. The Bertz CT molecular complexity index is 1350. The minimum Gasteiger partial charge on any atom is -0.340 e. The Morgan fingerprint density at radius 2 is 1.69 bits per heavy atom. The number of likely N-dealkylation sites (N-methyl/N-ethyl adjacent to an activating group) is 1. The van der Waals surface area contributed by atoms with Crippen LogP contribution < -0.4 is 5.32 Å². The molecule has 0 bridgehead atoms. The van der Waals surface area contributed by atoms with E-state index in [0.717, 1.165) is 41.5 Å². The molecular formula is C35H44N4O3. The smallest absolute Gasteiger partial charge is 0.329 e. The minimum atomic E-state index is -0.847. The van der Waals surface area contributed by atoms with Crippen molar-refractivity contribution in [3.05, 3.63) is 59.7 Å². The topological polar surface area (TPSA) is 73.0 Å².